The molecule has 0 bridgehead atoms. The first kappa shape index (κ1) is 18.3. The van der Waals surface area contributed by atoms with E-state index in [0.29, 0.717) is 44.3 Å². The molecule has 0 aliphatic carbocycles. The molecule has 4 heterocycles. The molecule has 1 N–H and O–H groups in total. The van der Waals surface area contributed by atoms with Crippen LogP contribution in [0.1, 0.15) is 36.2 Å². The molecular formula is C20H28N4O3. The molecule has 0 saturated carbocycles. The number of rotatable bonds is 6. The second-order valence-corrected chi connectivity index (χ2v) is 7.30. The molecular weight excluding hydrogens is 344 g/mol. The summed E-state index contributed by atoms with van der Waals surface area (Å²) in [6.07, 6.45) is 6.75. The first-order valence-electron chi connectivity index (χ1n) is 10.0. The SMILES string of the molecule is O=C(c1cc2cc(OCCCN3CCCCC3)cnc2[nH]1)N1CCOCC1. The number of aromatic nitrogens is 2. The minimum Gasteiger partial charge on any atom is -0.492 e. The molecule has 2 aliphatic rings. The van der Waals surface area contributed by atoms with Crippen LogP contribution < -0.4 is 4.74 Å². The van der Waals surface area contributed by atoms with Crippen LogP contribution >= 0.6 is 0 Å². The zero-order valence-corrected chi connectivity index (χ0v) is 15.8. The number of carbonyl (C=O) groups is 1. The van der Waals surface area contributed by atoms with E-state index in [1.54, 1.807) is 6.20 Å². The van der Waals surface area contributed by atoms with Gasteiger partial charge in [0.2, 0.25) is 0 Å². The summed E-state index contributed by atoms with van der Waals surface area (Å²) in [6, 6.07) is 3.82. The molecule has 0 aromatic carbocycles. The fourth-order valence-electron chi connectivity index (χ4n) is 3.79. The predicted molar refractivity (Wildman–Crippen MR) is 103 cm³/mol. The summed E-state index contributed by atoms with van der Waals surface area (Å²) in [4.78, 5) is 24.5. The summed E-state index contributed by atoms with van der Waals surface area (Å²) in [6.45, 7) is 6.68. The van der Waals surface area contributed by atoms with Crippen molar-refractivity contribution in [3.63, 3.8) is 0 Å². The van der Waals surface area contributed by atoms with Crippen molar-refractivity contribution in [3.05, 3.63) is 24.0 Å². The maximum Gasteiger partial charge on any atom is 0.270 e. The lowest BCUT2D eigenvalue weighted by atomic mass is 10.1. The number of amides is 1. The van der Waals surface area contributed by atoms with Crippen LogP contribution in [0.3, 0.4) is 0 Å². The molecule has 1 amide bonds. The molecule has 7 nitrogen and oxygen atoms in total. The van der Waals surface area contributed by atoms with E-state index >= 15 is 0 Å². The van der Waals surface area contributed by atoms with Gasteiger partial charge in [-0.2, -0.15) is 0 Å². The van der Waals surface area contributed by atoms with E-state index in [9.17, 15) is 4.79 Å². The fraction of sp³-hybridized carbons (Fsp3) is 0.600. The molecule has 0 radical (unpaired) electrons. The Labute approximate surface area is 159 Å². The van der Waals surface area contributed by atoms with Crippen molar-refractivity contribution in [1.29, 1.82) is 0 Å². The molecule has 27 heavy (non-hydrogen) atoms. The van der Waals surface area contributed by atoms with E-state index in [0.717, 1.165) is 24.1 Å². The summed E-state index contributed by atoms with van der Waals surface area (Å²) < 4.78 is 11.2. The van der Waals surface area contributed by atoms with Crippen molar-refractivity contribution >= 4 is 16.9 Å². The number of hydrogen-bond donors (Lipinski definition) is 1. The Hall–Kier alpha value is -2.12. The van der Waals surface area contributed by atoms with Crippen LogP contribution in [0.15, 0.2) is 18.3 Å². The fourth-order valence-corrected chi connectivity index (χ4v) is 3.79. The van der Waals surface area contributed by atoms with Crippen molar-refractivity contribution in [2.75, 3.05) is 52.5 Å². The lowest BCUT2D eigenvalue weighted by Gasteiger charge is -2.26. The van der Waals surface area contributed by atoms with Gasteiger partial charge in [-0.25, -0.2) is 4.98 Å². The molecule has 4 rings (SSSR count). The topological polar surface area (TPSA) is 70.7 Å². The van der Waals surface area contributed by atoms with Gasteiger partial charge in [0.05, 0.1) is 26.0 Å². The molecule has 146 valence electrons. The van der Waals surface area contributed by atoms with Crippen molar-refractivity contribution in [2.45, 2.75) is 25.7 Å². The highest BCUT2D eigenvalue weighted by molar-refractivity contribution is 5.97. The van der Waals surface area contributed by atoms with Gasteiger partial charge < -0.3 is 24.3 Å². The van der Waals surface area contributed by atoms with Crippen LogP contribution in [-0.4, -0.2) is 78.2 Å². The maximum atomic E-state index is 12.6. The van der Waals surface area contributed by atoms with E-state index in [2.05, 4.69) is 14.9 Å². The van der Waals surface area contributed by atoms with Gasteiger partial charge in [0.15, 0.2) is 0 Å². The summed E-state index contributed by atoms with van der Waals surface area (Å²) in [5.74, 6) is 0.755. The standard InChI is InChI=1S/C20H28N4O3/c25-20(24-8-11-26-12-9-24)18-14-16-13-17(15-21-19(16)22-18)27-10-4-7-23-5-2-1-3-6-23/h13-15H,1-12H2,(H,21,22). The Kier molecular flexibility index (Phi) is 5.89. The zero-order valence-electron chi connectivity index (χ0n) is 15.8. The summed E-state index contributed by atoms with van der Waals surface area (Å²) in [7, 11) is 0. The smallest absolute Gasteiger partial charge is 0.270 e. The van der Waals surface area contributed by atoms with Crippen LogP contribution in [0.5, 0.6) is 5.75 Å². The number of likely N-dealkylation sites (tertiary alicyclic amines) is 1. The molecule has 2 aromatic heterocycles. The number of morpholine rings is 1. The van der Waals surface area contributed by atoms with Crippen molar-refractivity contribution in [2.24, 2.45) is 0 Å². The predicted octanol–water partition coefficient (Wildman–Crippen LogP) is 2.29. The second kappa shape index (κ2) is 8.71. The van der Waals surface area contributed by atoms with Gasteiger partial charge >= 0.3 is 0 Å². The average Bonchev–Trinajstić information content (AvgIpc) is 3.15. The van der Waals surface area contributed by atoms with Crippen molar-refractivity contribution in [1.82, 2.24) is 19.8 Å². The Balaban J connectivity index is 1.32. The number of pyridine rings is 1. The lowest BCUT2D eigenvalue weighted by molar-refractivity contribution is 0.0299. The lowest BCUT2D eigenvalue weighted by Crippen LogP contribution is -2.40. The molecule has 2 saturated heterocycles. The Bertz CT molecular complexity index is 764. The minimum atomic E-state index is 0.000278. The molecule has 2 fully saturated rings. The van der Waals surface area contributed by atoms with Crippen LogP contribution in [0.4, 0.5) is 0 Å². The molecule has 0 unspecified atom stereocenters. The van der Waals surface area contributed by atoms with E-state index < -0.39 is 0 Å². The summed E-state index contributed by atoms with van der Waals surface area (Å²) >= 11 is 0. The highest BCUT2D eigenvalue weighted by atomic mass is 16.5. The monoisotopic (exact) mass is 372 g/mol. The molecule has 2 aromatic rings. The first-order valence-corrected chi connectivity index (χ1v) is 10.0. The molecule has 0 atom stereocenters. The molecule has 7 heteroatoms. The minimum absolute atomic E-state index is 0.000278. The van der Waals surface area contributed by atoms with Gasteiger partial charge in [-0.1, -0.05) is 6.42 Å². The number of nitrogens with one attached hydrogen (secondary N) is 1. The van der Waals surface area contributed by atoms with E-state index in [-0.39, 0.29) is 5.91 Å². The third-order valence-corrected chi connectivity index (χ3v) is 5.31. The number of piperidine rings is 1. The number of carbonyl (C=O) groups excluding carboxylic acids is 1. The zero-order chi connectivity index (χ0) is 18.5. The number of aromatic amines is 1. The van der Waals surface area contributed by atoms with E-state index in [4.69, 9.17) is 9.47 Å². The number of H-pyrrole nitrogens is 1. The quantitative estimate of drug-likeness (QED) is 0.788. The van der Waals surface area contributed by atoms with Crippen LogP contribution in [0, 0.1) is 0 Å². The van der Waals surface area contributed by atoms with E-state index in [1.807, 2.05) is 17.0 Å². The van der Waals surface area contributed by atoms with Crippen LogP contribution in [0.25, 0.3) is 11.0 Å². The number of hydrogen-bond acceptors (Lipinski definition) is 5. The van der Waals surface area contributed by atoms with Crippen molar-refractivity contribution < 1.29 is 14.3 Å². The maximum absolute atomic E-state index is 12.6. The third-order valence-electron chi connectivity index (χ3n) is 5.31. The van der Waals surface area contributed by atoms with Gasteiger partial charge in [-0.05, 0) is 44.5 Å². The van der Waals surface area contributed by atoms with Gasteiger partial charge in [-0.3, -0.25) is 4.79 Å². The van der Waals surface area contributed by atoms with E-state index in [1.165, 1.54) is 32.4 Å². The van der Waals surface area contributed by atoms with Crippen LogP contribution in [0.2, 0.25) is 0 Å². The first-order chi connectivity index (χ1) is 13.3. The molecule has 0 spiro atoms. The average molecular weight is 372 g/mol. The third kappa shape index (κ3) is 4.59. The number of nitrogens with zero attached hydrogens (tertiary/aromatic N) is 3. The van der Waals surface area contributed by atoms with Gasteiger partial charge in [0, 0.05) is 25.0 Å². The Morgan fingerprint density at radius 1 is 1.15 bits per heavy atom. The van der Waals surface area contributed by atoms with Gasteiger partial charge in [0.1, 0.15) is 17.1 Å². The number of fused-ring (bicyclic) bond motifs is 1. The highest BCUT2D eigenvalue weighted by Crippen LogP contribution is 2.20. The van der Waals surface area contributed by atoms with Gasteiger partial charge in [0.25, 0.3) is 5.91 Å². The van der Waals surface area contributed by atoms with Crippen LogP contribution in [-0.2, 0) is 4.74 Å². The van der Waals surface area contributed by atoms with Gasteiger partial charge in [-0.15, -0.1) is 0 Å². The molecule has 2 aliphatic heterocycles. The number of ether oxygens (including phenoxy) is 2. The summed E-state index contributed by atoms with van der Waals surface area (Å²) in [5, 5.41) is 0.903. The van der Waals surface area contributed by atoms with Crippen molar-refractivity contribution in [3.8, 4) is 5.75 Å². The normalized spacial score (nSPS) is 18.7. The largest absolute Gasteiger partial charge is 0.492 e. The Morgan fingerprint density at radius 2 is 1.96 bits per heavy atom. The second-order valence-electron chi connectivity index (χ2n) is 7.30. The highest BCUT2D eigenvalue weighted by Gasteiger charge is 2.20. The summed E-state index contributed by atoms with van der Waals surface area (Å²) in [5.41, 5.74) is 1.29. The Morgan fingerprint density at radius 3 is 2.78 bits per heavy atom.